The van der Waals surface area contributed by atoms with Gasteiger partial charge < -0.3 is 5.73 Å². The molecule has 0 unspecified atom stereocenters. The van der Waals surface area contributed by atoms with Gasteiger partial charge in [-0.25, -0.2) is 0 Å². The van der Waals surface area contributed by atoms with Crippen LogP contribution in [0.2, 0.25) is 0 Å². The fourth-order valence-electron chi connectivity index (χ4n) is 1.45. The van der Waals surface area contributed by atoms with Crippen LogP contribution in [-0.2, 0) is 6.18 Å². The number of benzene rings is 1. The van der Waals surface area contributed by atoms with E-state index < -0.39 is 22.4 Å². The van der Waals surface area contributed by atoms with Gasteiger partial charge in [-0.3, -0.25) is 15.2 Å². The molecule has 7 nitrogen and oxygen atoms in total. The van der Waals surface area contributed by atoms with Gasteiger partial charge in [-0.1, -0.05) is 0 Å². The fraction of sp³-hybridized carbons (Fsp3) is 0.111. The summed E-state index contributed by atoms with van der Waals surface area (Å²) in [5.41, 5.74) is 3.27. The van der Waals surface area contributed by atoms with Crippen molar-refractivity contribution in [1.29, 1.82) is 0 Å². The molecule has 1 aromatic heterocycles. The van der Waals surface area contributed by atoms with E-state index in [-0.39, 0.29) is 17.3 Å². The zero-order valence-corrected chi connectivity index (χ0v) is 9.10. The average molecular weight is 273 g/mol. The van der Waals surface area contributed by atoms with Gasteiger partial charge in [0, 0.05) is 6.07 Å². The molecule has 10 heteroatoms. The van der Waals surface area contributed by atoms with Crippen molar-refractivity contribution in [1.82, 2.24) is 15.2 Å². The first kappa shape index (κ1) is 12.8. The maximum atomic E-state index is 12.5. The van der Waals surface area contributed by atoms with E-state index in [1.807, 2.05) is 0 Å². The van der Waals surface area contributed by atoms with Gasteiger partial charge in [0.15, 0.2) is 5.82 Å². The summed E-state index contributed by atoms with van der Waals surface area (Å²) in [7, 11) is 0. The molecule has 3 N–H and O–H groups in total. The number of nitrogen functional groups attached to an aromatic ring is 1. The molecule has 0 atom stereocenters. The van der Waals surface area contributed by atoms with Crippen molar-refractivity contribution in [3.05, 3.63) is 33.9 Å². The minimum absolute atomic E-state index is 0.0714. The topological polar surface area (TPSA) is 111 Å². The second kappa shape index (κ2) is 4.23. The van der Waals surface area contributed by atoms with Crippen LogP contribution in [0.3, 0.4) is 0 Å². The van der Waals surface area contributed by atoms with E-state index in [9.17, 15) is 23.3 Å². The maximum Gasteiger partial charge on any atom is 0.416 e. The molecular weight excluding hydrogens is 267 g/mol. The van der Waals surface area contributed by atoms with Crippen LogP contribution in [0.4, 0.5) is 24.8 Å². The highest BCUT2D eigenvalue weighted by Gasteiger charge is 2.33. The molecule has 0 bridgehead atoms. The second-order valence-corrected chi connectivity index (χ2v) is 3.53. The van der Waals surface area contributed by atoms with Crippen LogP contribution in [0.1, 0.15) is 5.56 Å². The number of rotatable bonds is 2. The molecule has 2 rings (SSSR count). The number of nitrogens with zero attached hydrogens (tertiary/aromatic N) is 3. The summed E-state index contributed by atoms with van der Waals surface area (Å²) in [6.45, 7) is 0. The Morgan fingerprint density at radius 2 is 2.05 bits per heavy atom. The van der Waals surface area contributed by atoms with Crippen molar-refractivity contribution in [2.24, 2.45) is 0 Å². The SMILES string of the molecule is Nc1n[nH]c(-c2ccc(C(F)(F)F)cc2[N+](=O)[O-])n1. The Morgan fingerprint density at radius 1 is 1.37 bits per heavy atom. The Kier molecular flexibility index (Phi) is 2.85. The standard InChI is InChI=1S/C9H6F3N5O2/c10-9(11,12)4-1-2-5(6(3-4)17(18)19)7-14-8(13)16-15-7/h1-3H,(H3,13,14,15,16). The monoisotopic (exact) mass is 273 g/mol. The molecule has 0 saturated carbocycles. The maximum absolute atomic E-state index is 12.5. The number of aromatic nitrogens is 3. The van der Waals surface area contributed by atoms with Gasteiger partial charge in [0.05, 0.1) is 16.1 Å². The first-order chi connectivity index (χ1) is 8.79. The van der Waals surface area contributed by atoms with E-state index in [2.05, 4.69) is 15.2 Å². The molecule has 1 aromatic carbocycles. The molecule has 0 amide bonds. The lowest BCUT2D eigenvalue weighted by Gasteiger charge is -2.07. The zero-order valence-electron chi connectivity index (χ0n) is 9.10. The van der Waals surface area contributed by atoms with Crippen molar-refractivity contribution in [2.75, 3.05) is 5.73 Å². The number of alkyl halides is 3. The summed E-state index contributed by atoms with van der Waals surface area (Å²) < 4.78 is 37.5. The van der Waals surface area contributed by atoms with Crippen molar-refractivity contribution < 1.29 is 18.1 Å². The first-order valence-corrected chi connectivity index (χ1v) is 4.83. The quantitative estimate of drug-likeness (QED) is 0.642. The molecular formula is C9H6F3N5O2. The van der Waals surface area contributed by atoms with Gasteiger partial charge in [0.1, 0.15) is 0 Å². The zero-order chi connectivity index (χ0) is 14.2. The largest absolute Gasteiger partial charge is 0.416 e. The molecule has 0 aliphatic carbocycles. The lowest BCUT2D eigenvalue weighted by Crippen LogP contribution is -2.06. The number of anilines is 1. The number of aromatic amines is 1. The number of nitrogens with two attached hydrogens (primary N) is 1. The number of halogens is 3. The van der Waals surface area contributed by atoms with Gasteiger partial charge in [-0.05, 0) is 12.1 Å². The predicted molar refractivity (Wildman–Crippen MR) is 57.9 cm³/mol. The lowest BCUT2D eigenvalue weighted by atomic mass is 10.1. The molecule has 2 aromatic rings. The molecule has 0 saturated heterocycles. The van der Waals surface area contributed by atoms with E-state index in [0.29, 0.717) is 6.07 Å². The number of nitro benzene ring substituents is 1. The Hall–Kier alpha value is -2.65. The summed E-state index contributed by atoms with van der Waals surface area (Å²) in [6.07, 6.45) is -4.66. The van der Waals surface area contributed by atoms with Crippen LogP contribution in [0.25, 0.3) is 11.4 Å². The average Bonchev–Trinajstić information content (AvgIpc) is 2.73. The number of hydrogen-bond acceptors (Lipinski definition) is 5. The predicted octanol–water partition coefficient (Wildman–Crippen LogP) is 1.98. The van der Waals surface area contributed by atoms with Crippen LogP contribution in [0.15, 0.2) is 18.2 Å². The summed E-state index contributed by atoms with van der Waals surface area (Å²) >= 11 is 0. The van der Waals surface area contributed by atoms with Crippen molar-refractivity contribution >= 4 is 11.6 Å². The molecule has 0 radical (unpaired) electrons. The van der Waals surface area contributed by atoms with Crippen LogP contribution in [0, 0.1) is 10.1 Å². The van der Waals surface area contributed by atoms with Crippen LogP contribution in [-0.4, -0.2) is 20.1 Å². The minimum atomic E-state index is -4.66. The number of nitrogens with one attached hydrogen (secondary N) is 1. The highest BCUT2D eigenvalue weighted by atomic mass is 19.4. The molecule has 100 valence electrons. The number of H-pyrrole nitrogens is 1. The summed E-state index contributed by atoms with van der Waals surface area (Å²) in [5, 5.41) is 16.6. The number of nitro groups is 1. The van der Waals surface area contributed by atoms with Crippen LogP contribution >= 0.6 is 0 Å². The number of hydrogen-bond donors (Lipinski definition) is 2. The van der Waals surface area contributed by atoms with Crippen molar-refractivity contribution in [3.8, 4) is 11.4 Å². The highest BCUT2D eigenvalue weighted by molar-refractivity contribution is 5.69. The van der Waals surface area contributed by atoms with E-state index in [0.717, 1.165) is 12.1 Å². The van der Waals surface area contributed by atoms with E-state index in [1.54, 1.807) is 0 Å². The van der Waals surface area contributed by atoms with Gasteiger partial charge in [0.2, 0.25) is 5.95 Å². The summed E-state index contributed by atoms with van der Waals surface area (Å²) in [6, 6.07) is 2.11. The van der Waals surface area contributed by atoms with Gasteiger partial charge in [-0.2, -0.15) is 18.2 Å². The van der Waals surface area contributed by atoms with Crippen molar-refractivity contribution in [2.45, 2.75) is 6.18 Å². The van der Waals surface area contributed by atoms with Crippen molar-refractivity contribution in [3.63, 3.8) is 0 Å². The second-order valence-electron chi connectivity index (χ2n) is 3.53. The first-order valence-electron chi connectivity index (χ1n) is 4.83. The molecule has 0 aliphatic heterocycles. The molecule has 0 fully saturated rings. The third-order valence-electron chi connectivity index (χ3n) is 2.28. The van der Waals surface area contributed by atoms with Gasteiger partial charge >= 0.3 is 6.18 Å². The highest BCUT2D eigenvalue weighted by Crippen LogP contribution is 2.35. The van der Waals surface area contributed by atoms with Gasteiger partial charge in [0.25, 0.3) is 5.69 Å². The summed E-state index contributed by atoms with van der Waals surface area (Å²) in [4.78, 5) is 13.5. The Labute approximate surface area is 103 Å². The normalized spacial score (nSPS) is 11.5. The van der Waals surface area contributed by atoms with Gasteiger partial charge in [-0.15, -0.1) is 5.10 Å². The molecule has 0 aliphatic rings. The molecule has 19 heavy (non-hydrogen) atoms. The lowest BCUT2D eigenvalue weighted by molar-refractivity contribution is -0.384. The Bertz CT molecular complexity index is 637. The third kappa shape index (κ3) is 2.46. The fourth-order valence-corrected chi connectivity index (χ4v) is 1.45. The molecule has 0 spiro atoms. The van der Waals surface area contributed by atoms with E-state index in [4.69, 9.17) is 5.73 Å². The Balaban J connectivity index is 2.60. The smallest absolute Gasteiger partial charge is 0.366 e. The van der Waals surface area contributed by atoms with Crippen LogP contribution in [0.5, 0.6) is 0 Å². The van der Waals surface area contributed by atoms with E-state index >= 15 is 0 Å². The van der Waals surface area contributed by atoms with E-state index in [1.165, 1.54) is 0 Å². The molecule has 1 heterocycles. The minimum Gasteiger partial charge on any atom is -0.366 e. The Morgan fingerprint density at radius 3 is 2.53 bits per heavy atom. The summed E-state index contributed by atoms with van der Waals surface area (Å²) in [5.74, 6) is -0.234. The third-order valence-corrected chi connectivity index (χ3v) is 2.28. The van der Waals surface area contributed by atoms with Crippen LogP contribution < -0.4 is 5.73 Å².